The van der Waals surface area contributed by atoms with Gasteiger partial charge in [-0.15, -0.1) is 0 Å². The van der Waals surface area contributed by atoms with Crippen molar-refractivity contribution >= 4 is 10.9 Å². The fraction of sp³-hybridized carbons (Fsp3) is 0.250. The first-order valence-corrected chi connectivity index (χ1v) is 4.75. The van der Waals surface area contributed by atoms with Crippen LogP contribution in [0.4, 0.5) is 0 Å². The van der Waals surface area contributed by atoms with Gasteiger partial charge in [-0.05, 0) is 24.6 Å². The molecule has 2 heteroatoms. The average Bonchev–Trinajstić information content (AvgIpc) is 2.18. The lowest BCUT2D eigenvalue weighted by Gasteiger charge is -2.01. The summed E-state index contributed by atoms with van der Waals surface area (Å²) in [6.45, 7) is 2.08. The highest BCUT2D eigenvalue weighted by Crippen LogP contribution is 2.07. The predicted molar refractivity (Wildman–Crippen MR) is 56.2 cm³/mol. The fourth-order valence-electron chi connectivity index (χ4n) is 1.51. The third-order valence-corrected chi connectivity index (χ3v) is 2.16. The topological polar surface area (TPSA) is 32.9 Å². The van der Waals surface area contributed by atoms with Crippen LogP contribution in [0.15, 0.2) is 23.0 Å². The van der Waals surface area contributed by atoms with E-state index in [9.17, 15) is 4.79 Å². The minimum Gasteiger partial charge on any atom is -0.358 e. The largest absolute Gasteiger partial charge is 0.358 e. The number of hydrogen-bond donors (Lipinski definition) is 1. The maximum absolute atomic E-state index is 11.6. The molecule has 0 atom stereocenters. The van der Waals surface area contributed by atoms with Gasteiger partial charge in [0.25, 0.3) is 0 Å². The lowest BCUT2D eigenvalue weighted by Crippen LogP contribution is -2.05. The number of H-pyrrole nitrogens is 1. The highest BCUT2D eigenvalue weighted by atomic mass is 16.1. The van der Waals surface area contributed by atoms with Crippen LogP contribution in [0, 0.1) is 12.1 Å². The standard InChI is InChI=1S/C12H11NO/c1-2-5-9-8-12(14)10-6-3-4-7-11(10)13-9/h3,6-7H,2,5H2,1H3,(H,13,14). The molecule has 70 valence electrons. The lowest BCUT2D eigenvalue weighted by atomic mass is 10.1. The van der Waals surface area contributed by atoms with E-state index >= 15 is 0 Å². The van der Waals surface area contributed by atoms with E-state index in [-0.39, 0.29) is 5.43 Å². The summed E-state index contributed by atoms with van der Waals surface area (Å²) in [4.78, 5) is 14.8. The van der Waals surface area contributed by atoms with Crippen molar-refractivity contribution in [3.8, 4) is 0 Å². The van der Waals surface area contributed by atoms with Gasteiger partial charge >= 0.3 is 0 Å². The first-order chi connectivity index (χ1) is 6.81. The van der Waals surface area contributed by atoms with E-state index < -0.39 is 0 Å². The van der Waals surface area contributed by atoms with Crippen molar-refractivity contribution in [1.29, 1.82) is 0 Å². The van der Waals surface area contributed by atoms with Crippen molar-refractivity contribution in [2.24, 2.45) is 0 Å². The first kappa shape index (κ1) is 9.00. The molecule has 0 aliphatic heterocycles. The third-order valence-electron chi connectivity index (χ3n) is 2.16. The SMILES string of the molecule is CCCc1[c]c(=O)c2cc[c]cc2[nH]1. The summed E-state index contributed by atoms with van der Waals surface area (Å²) in [7, 11) is 0. The summed E-state index contributed by atoms with van der Waals surface area (Å²) in [5.41, 5.74) is 1.69. The summed E-state index contributed by atoms with van der Waals surface area (Å²) in [6, 6.07) is 11.1. The molecule has 0 unspecified atom stereocenters. The fourth-order valence-corrected chi connectivity index (χ4v) is 1.51. The Morgan fingerprint density at radius 3 is 3.14 bits per heavy atom. The number of benzene rings is 1. The van der Waals surface area contributed by atoms with Crippen LogP contribution >= 0.6 is 0 Å². The van der Waals surface area contributed by atoms with Crippen LogP contribution in [-0.4, -0.2) is 4.98 Å². The molecule has 2 rings (SSSR count). The quantitative estimate of drug-likeness (QED) is 0.763. The molecular weight excluding hydrogens is 174 g/mol. The summed E-state index contributed by atoms with van der Waals surface area (Å²) in [6.07, 6.45) is 1.87. The first-order valence-electron chi connectivity index (χ1n) is 4.75. The zero-order valence-corrected chi connectivity index (χ0v) is 8.05. The van der Waals surface area contributed by atoms with Crippen LogP contribution in [0.2, 0.25) is 0 Å². The number of fused-ring (bicyclic) bond motifs is 1. The predicted octanol–water partition coefficient (Wildman–Crippen LogP) is 2.08. The van der Waals surface area contributed by atoms with Gasteiger partial charge in [-0.3, -0.25) is 4.79 Å². The Bertz CT molecular complexity index is 499. The second kappa shape index (κ2) is 3.66. The second-order valence-corrected chi connectivity index (χ2v) is 3.28. The second-order valence-electron chi connectivity index (χ2n) is 3.28. The molecule has 2 radical (unpaired) electrons. The molecule has 2 aromatic rings. The Kier molecular flexibility index (Phi) is 2.35. The lowest BCUT2D eigenvalue weighted by molar-refractivity contribution is 0.886. The number of pyridine rings is 1. The summed E-state index contributed by atoms with van der Waals surface area (Å²) in [5, 5.41) is 0.684. The van der Waals surface area contributed by atoms with E-state index in [0.717, 1.165) is 24.1 Å². The average molecular weight is 185 g/mol. The molecule has 14 heavy (non-hydrogen) atoms. The molecule has 1 aromatic carbocycles. The maximum Gasteiger partial charge on any atom is 0.197 e. The van der Waals surface area contributed by atoms with Crippen molar-refractivity contribution in [3.05, 3.63) is 46.2 Å². The van der Waals surface area contributed by atoms with Gasteiger partial charge in [0.2, 0.25) is 0 Å². The molecule has 0 saturated carbocycles. The van der Waals surface area contributed by atoms with E-state index in [1.165, 1.54) is 0 Å². The van der Waals surface area contributed by atoms with Gasteiger partial charge in [0.1, 0.15) is 0 Å². The van der Waals surface area contributed by atoms with E-state index in [1.807, 2.05) is 0 Å². The van der Waals surface area contributed by atoms with Crippen LogP contribution in [0.5, 0.6) is 0 Å². The summed E-state index contributed by atoms with van der Waals surface area (Å²) in [5.74, 6) is 0. The summed E-state index contributed by atoms with van der Waals surface area (Å²) < 4.78 is 0. The third kappa shape index (κ3) is 1.55. The maximum atomic E-state index is 11.6. The molecule has 0 amide bonds. The van der Waals surface area contributed by atoms with Crippen molar-refractivity contribution in [2.45, 2.75) is 19.8 Å². The molecule has 1 N–H and O–H groups in total. The van der Waals surface area contributed by atoms with Crippen LogP contribution < -0.4 is 5.43 Å². The molecule has 0 spiro atoms. The zero-order chi connectivity index (χ0) is 9.97. The van der Waals surface area contributed by atoms with Crippen LogP contribution in [0.1, 0.15) is 19.0 Å². The van der Waals surface area contributed by atoms with Crippen molar-refractivity contribution in [1.82, 2.24) is 4.98 Å². The van der Waals surface area contributed by atoms with Gasteiger partial charge in [0.05, 0.1) is 11.6 Å². The normalized spacial score (nSPS) is 10.6. The summed E-state index contributed by atoms with van der Waals surface area (Å²) >= 11 is 0. The number of aryl methyl sites for hydroxylation is 1. The molecule has 0 saturated heterocycles. The monoisotopic (exact) mass is 185 g/mol. The van der Waals surface area contributed by atoms with E-state index in [4.69, 9.17) is 0 Å². The van der Waals surface area contributed by atoms with Crippen molar-refractivity contribution < 1.29 is 0 Å². The highest BCUT2D eigenvalue weighted by Gasteiger charge is 2.00. The Hall–Kier alpha value is -1.57. The van der Waals surface area contributed by atoms with Crippen LogP contribution in [-0.2, 0) is 6.42 Å². The van der Waals surface area contributed by atoms with Gasteiger partial charge in [0.15, 0.2) is 5.43 Å². The number of rotatable bonds is 2. The molecule has 0 fully saturated rings. The molecule has 0 aliphatic carbocycles. The number of nitrogens with one attached hydrogen (secondary N) is 1. The van der Waals surface area contributed by atoms with Gasteiger partial charge in [0, 0.05) is 11.1 Å². The Labute approximate surface area is 82.6 Å². The van der Waals surface area contributed by atoms with Gasteiger partial charge in [-0.1, -0.05) is 19.4 Å². The molecular formula is C12H11NO. The number of aromatic amines is 1. The Morgan fingerprint density at radius 1 is 1.50 bits per heavy atom. The van der Waals surface area contributed by atoms with E-state index in [2.05, 4.69) is 24.0 Å². The van der Waals surface area contributed by atoms with Crippen molar-refractivity contribution in [2.75, 3.05) is 0 Å². The molecule has 0 bridgehead atoms. The van der Waals surface area contributed by atoms with Crippen LogP contribution in [0.3, 0.4) is 0 Å². The van der Waals surface area contributed by atoms with E-state index in [1.54, 1.807) is 18.2 Å². The molecule has 2 nitrogen and oxygen atoms in total. The van der Waals surface area contributed by atoms with Gasteiger partial charge in [-0.2, -0.15) is 0 Å². The van der Waals surface area contributed by atoms with E-state index in [0.29, 0.717) is 5.39 Å². The molecule has 1 heterocycles. The molecule has 1 aromatic heterocycles. The Morgan fingerprint density at radius 2 is 2.36 bits per heavy atom. The zero-order valence-electron chi connectivity index (χ0n) is 8.05. The highest BCUT2D eigenvalue weighted by molar-refractivity contribution is 5.77. The minimum absolute atomic E-state index is 0.0313. The smallest absolute Gasteiger partial charge is 0.197 e. The molecule has 0 aliphatic rings. The van der Waals surface area contributed by atoms with Gasteiger partial charge < -0.3 is 4.98 Å². The number of aromatic nitrogens is 1. The minimum atomic E-state index is -0.0313. The van der Waals surface area contributed by atoms with Crippen molar-refractivity contribution in [3.63, 3.8) is 0 Å². The Balaban J connectivity index is 2.66. The van der Waals surface area contributed by atoms with Crippen LogP contribution in [0.25, 0.3) is 10.9 Å². The number of hydrogen-bond acceptors (Lipinski definition) is 1. The van der Waals surface area contributed by atoms with Gasteiger partial charge in [-0.25, -0.2) is 0 Å².